The van der Waals surface area contributed by atoms with Gasteiger partial charge in [-0.05, 0) is 69.8 Å². The van der Waals surface area contributed by atoms with Gasteiger partial charge in [-0.3, -0.25) is 9.59 Å². The quantitative estimate of drug-likeness (QED) is 0.340. The molecule has 0 saturated carbocycles. The Kier molecular flexibility index (Phi) is 3.47. The van der Waals surface area contributed by atoms with Gasteiger partial charge in [-0.25, -0.2) is 0 Å². The molecule has 0 aromatic heterocycles. The summed E-state index contributed by atoms with van der Waals surface area (Å²) in [5.74, 6) is -0.867. The third-order valence-electron chi connectivity index (χ3n) is 5.74. The van der Waals surface area contributed by atoms with E-state index in [2.05, 4.69) is 63.9 Å². The SMILES string of the molecule is CC1(C)c2cc(Br)ccc2-c2cc3c(cc21)-c1ccc(Br)cc1C(=O)C3=O. The van der Waals surface area contributed by atoms with E-state index < -0.39 is 11.6 Å². The molecule has 0 unspecified atom stereocenters. The Bertz CT molecular complexity index is 1210. The molecular weight excluding hydrogens is 468 g/mol. The molecule has 27 heavy (non-hydrogen) atoms. The molecule has 3 aromatic rings. The van der Waals surface area contributed by atoms with Gasteiger partial charge in [0.2, 0.25) is 11.6 Å². The van der Waals surface area contributed by atoms with Crippen molar-refractivity contribution in [1.82, 2.24) is 0 Å². The van der Waals surface area contributed by atoms with E-state index in [1.54, 1.807) is 6.07 Å². The van der Waals surface area contributed by atoms with Gasteiger partial charge in [0.25, 0.3) is 0 Å². The summed E-state index contributed by atoms with van der Waals surface area (Å²) in [6.07, 6.45) is 0. The summed E-state index contributed by atoms with van der Waals surface area (Å²) in [4.78, 5) is 25.5. The molecule has 0 N–H and O–H groups in total. The zero-order valence-electron chi connectivity index (χ0n) is 14.7. The molecule has 0 bridgehead atoms. The number of fused-ring (bicyclic) bond motifs is 6. The minimum atomic E-state index is -0.438. The lowest BCUT2D eigenvalue weighted by Gasteiger charge is -2.24. The molecule has 0 spiro atoms. The molecule has 0 radical (unpaired) electrons. The molecule has 3 aromatic carbocycles. The van der Waals surface area contributed by atoms with Crippen LogP contribution in [0.3, 0.4) is 0 Å². The predicted octanol–water partition coefficient (Wildman–Crippen LogP) is 6.56. The number of hydrogen-bond acceptors (Lipinski definition) is 2. The van der Waals surface area contributed by atoms with Gasteiger partial charge in [0.05, 0.1) is 0 Å². The van der Waals surface area contributed by atoms with Crippen LogP contribution in [0.2, 0.25) is 0 Å². The summed E-state index contributed by atoms with van der Waals surface area (Å²) in [6, 6.07) is 15.8. The smallest absolute Gasteiger partial charge is 0.234 e. The third-order valence-corrected chi connectivity index (χ3v) is 6.73. The lowest BCUT2D eigenvalue weighted by atomic mass is 9.78. The Morgan fingerprint density at radius 3 is 1.85 bits per heavy atom. The van der Waals surface area contributed by atoms with Crippen molar-refractivity contribution in [2.45, 2.75) is 19.3 Å². The standard InChI is InChI=1S/C23H14Br2O2/c1-23(2)19-8-12(25)4-6-14(19)16-9-18-15(10-20(16)23)13-5-3-11(24)7-17(13)21(26)22(18)27/h3-10H,1-2H3. The van der Waals surface area contributed by atoms with Crippen molar-refractivity contribution in [3.8, 4) is 22.3 Å². The van der Waals surface area contributed by atoms with Gasteiger partial charge < -0.3 is 0 Å². The van der Waals surface area contributed by atoms with Crippen LogP contribution in [0.5, 0.6) is 0 Å². The largest absolute Gasteiger partial charge is 0.285 e. The van der Waals surface area contributed by atoms with Crippen LogP contribution >= 0.6 is 31.9 Å². The van der Waals surface area contributed by atoms with Crippen LogP contribution in [0.4, 0.5) is 0 Å². The fourth-order valence-electron chi connectivity index (χ4n) is 4.35. The number of benzene rings is 3. The van der Waals surface area contributed by atoms with E-state index in [1.807, 2.05) is 24.3 Å². The molecule has 2 nitrogen and oxygen atoms in total. The number of Topliss-reactive ketones (excluding diaryl/α,β-unsaturated/α-hetero) is 2. The Morgan fingerprint density at radius 2 is 1.15 bits per heavy atom. The summed E-state index contributed by atoms with van der Waals surface area (Å²) >= 11 is 6.97. The van der Waals surface area contributed by atoms with Crippen molar-refractivity contribution in [2.75, 3.05) is 0 Å². The molecule has 4 heteroatoms. The first-order valence-electron chi connectivity index (χ1n) is 8.67. The lowest BCUT2D eigenvalue weighted by molar-refractivity contribution is 0.0815. The molecule has 0 amide bonds. The van der Waals surface area contributed by atoms with Crippen LogP contribution in [0, 0.1) is 0 Å². The maximum absolute atomic E-state index is 12.8. The summed E-state index contributed by atoms with van der Waals surface area (Å²) in [5.41, 5.74) is 7.05. The molecule has 5 rings (SSSR count). The van der Waals surface area contributed by atoms with E-state index >= 15 is 0 Å². The Hall–Kier alpha value is -2.04. The average Bonchev–Trinajstić information content (AvgIpc) is 2.85. The first kappa shape index (κ1) is 17.1. The van der Waals surface area contributed by atoms with E-state index in [1.165, 1.54) is 11.1 Å². The number of carbonyl (C=O) groups excluding carboxylic acids is 2. The van der Waals surface area contributed by atoms with Gasteiger partial charge in [0.15, 0.2) is 0 Å². The lowest BCUT2D eigenvalue weighted by Crippen LogP contribution is -2.22. The zero-order chi connectivity index (χ0) is 19.1. The topological polar surface area (TPSA) is 34.1 Å². The molecule has 132 valence electrons. The van der Waals surface area contributed by atoms with Crippen molar-refractivity contribution >= 4 is 43.4 Å². The van der Waals surface area contributed by atoms with Crippen molar-refractivity contribution in [2.24, 2.45) is 0 Å². The van der Waals surface area contributed by atoms with Gasteiger partial charge in [-0.1, -0.05) is 57.8 Å². The number of rotatable bonds is 0. The first-order chi connectivity index (χ1) is 12.8. The molecule has 2 aliphatic carbocycles. The monoisotopic (exact) mass is 480 g/mol. The highest BCUT2D eigenvalue weighted by molar-refractivity contribution is 9.10. The minimum Gasteiger partial charge on any atom is -0.285 e. The van der Waals surface area contributed by atoms with Crippen molar-refractivity contribution in [3.63, 3.8) is 0 Å². The van der Waals surface area contributed by atoms with E-state index in [9.17, 15) is 9.59 Å². The van der Waals surface area contributed by atoms with Crippen LogP contribution in [0.1, 0.15) is 45.7 Å². The fraction of sp³-hybridized carbons (Fsp3) is 0.130. The summed E-state index contributed by atoms with van der Waals surface area (Å²) < 4.78 is 1.83. The van der Waals surface area contributed by atoms with Crippen LogP contribution in [-0.2, 0) is 5.41 Å². The molecular formula is C23H14Br2O2. The normalized spacial score (nSPS) is 15.9. The molecule has 0 aliphatic heterocycles. The number of halogens is 2. The number of ketones is 2. The molecule has 0 atom stereocenters. The van der Waals surface area contributed by atoms with Crippen molar-refractivity contribution in [1.29, 1.82) is 0 Å². The number of hydrogen-bond donors (Lipinski definition) is 0. The molecule has 0 fully saturated rings. The van der Waals surface area contributed by atoms with E-state index in [-0.39, 0.29) is 5.41 Å². The second-order valence-electron chi connectivity index (χ2n) is 7.61. The highest BCUT2D eigenvalue weighted by Gasteiger charge is 2.39. The Balaban J connectivity index is 1.85. The van der Waals surface area contributed by atoms with Crippen LogP contribution in [-0.4, -0.2) is 11.6 Å². The van der Waals surface area contributed by atoms with E-state index in [4.69, 9.17) is 0 Å². The minimum absolute atomic E-state index is 0.177. The van der Waals surface area contributed by atoms with Gasteiger partial charge in [0.1, 0.15) is 0 Å². The van der Waals surface area contributed by atoms with Gasteiger partial charge in [0, 0.05) is 25.5 Å². The first-order valence-corrected chi connectivity index (χ1v) is 10.3. The number of carbonyl (C=O) groups is 2. The fourth-order valence-corrected chi connectivity index (χ4v) is 5.07. The summed E-state index contributed by atoms with van der Waals surface area (Å²) in [7, 11) is 0. The maximum Gasteiger partial charge on any atom is 0.234 e. The van der Waals surface area contributed by atoms with Gasteiger partial charge in [-0.2, -0.15) is 0 Å². The average molecular weight is 482 g/mol. The maximum atomic E-state index is 12.8. The highest BCUT2D eigenvalue weighted by atomic mass is 79.9. The van der Waals surface area contributed by atoms with Crippen LogP contribution in [0.15, 0.2) is 57.5 Å². The molecule has 0 heterocycles. The van der Waals surface area contributed by atoms with Crippen LogP contribution in [0.25, 0.3) is 22.3 Å². The Labute approximate surface area is 173 Å². The van der Waals surface area contributed by atoms with Crippen LogP contribution < -0.4 is 0 Å². The summed E-state index contributed by atoms with van der Waals surface area (Å²) in [6.45, 7) is 4.41. The van der Waals surface area contributed by atoms with Gasteiger partial charge >= 0.3 is 0 Å². The second kappa shape index (κ2) is 5.49. The molecule has 2 aliphatic rings. The van der Waals surface area contributed by atoms with E-state index in [0.29, 0.717) is 11.1 Å². The summed E-state index contributed by atoms with van der Waals surface area (Å²) in [5, 5.41) is 0. The zero-order valence-corrected chi connectivity index (χ0v) is 17.9. The molecule has 0 saturated heterocycles. The third kappa shape index (κ3) is 2.23. The predicted molar refractivity (Wildman–Crippen MR) is 114 cm³/mol. The van der Waals surface area contributed by atoms with Crippen molar-refractivity contribution in [3.05, 3.63) is 79.7 Å². The second-order valence-corrected chi connectivity index (χ2v) is 9.44. The van der Waals surface area contributed by atoms with Gasteiger partial charge in [-0.15, -0.1) is 0 Å². The van der Waals surface area contributed by atoms with E-state index in [0.717, 1.165) is 31.2 Å². The van der Waals surface area contributed by atoms with Crippen molar-refractivity contribution < 1.29 is 9.59 Å². The Morgan fingerprint density at radius 1 is 0.593 bits per heavy atom. The highest BCUT2D eigenvalue weighted by Crippen LogP contribution is 2.52.